The van der Waals surface area contributed by atoms with Gasteiger partial charge >= 0.3 is 0 Å². The minimum Gasteiger partial charge on any atom is -0.352 e. The van der Waals surface area contributed by atoms with E-state index in [9.17, 15) is 4.79 Å². The molecule has 1 aliphatic heterocycles. The zero-order valence-corrected chi connectivity index (χ0v) is 13.3. The molecule has 0 saturated carbocycles. The number of aromatic nitrogens is 2. The van der Waals surface area contributed by atoms with Crippen molar-refractivity contribution in [3.63, 3.8) is 0 Å². The maximum absolute atomic E-state index is 12.1. The van der Waals surface area contributed by atoms with Crippen LogP contribution < -0.4 is 5.32 Å². The van der Waals surface area contributed by atoms with Crippen molar-refractivity contribution in [3.05, 3.63) is 53.1 Å². The number of aryl methyl sites for hydroxylation is 4. The van der Waals surface area contributed by atoms with E-state index in [0.717, 1.165) is 37.3 Å². The second-order valence-electron chi connectivity index (χ2n) is 6.24. The molecular formula is C18H23N3O. The standard InChI is InChI=1S/C18H23N3O/c1-13-3-5-15(6-4-13)7-10-18(22)20-16-8-9-17-19-14(2)11-21(17)12-16/h3-6,11,16H,7-10,12H2,1-2H3,(H,20,22). The summed E-state index contributed by atoms with van der Waals surface area (Å²) in [6, 6.07) is 8.62. The van der Waals surface area contributed by atoms with Crippen molar-refractivity contribution in [1.29, 1.82) is 0 Å². The van der Waals surface area contributed by atoms with E-state index in [0.29, 0.717) is 6.42 Å². The van der Waals surface area contributed by atoms with Gasteiger partial charge in [-0.25, -0.2) is 4.98 Å². The second-order valence-corrected chi connectivity index (χ2v) is 6.24. The fourth-order valence-corrected chi connectivity index (χ4v) is 3.02. The van der Waals surface area contributed by atoms with Gasteiger partial charge in [0.15, 0.2) is 0 Å². The Balaban J connectivity index is 1.49. The summed E-state index contributed by atoms with van der Waals surface area (Å²) in [5.74, 6) is 1.29. The van der Waals surface area contributed by atoms with Crippen LogP contribution in [0.2, 0.25) is 0 Å². The van der Waals surface area contributed by atoms with Crippen LogP contribution in [0.4, 0.5) is 0 Å². The van der Waals surface area contributed by atoms with Crippen LogP contribution in [0.25, 0.3) is 0 Å². The highest BCUT2D eigenvalue weighted by Crippen LogP contribution is 2.15. The van der Waals surface area contributed by atoms with Crippen LogP contribution in [-0.4, -0.2) is 21.5 Å². The van der Waals surface area contributed by atoms with Crippen LogP contribution in [0.5, 0.6) is 0 Å². The van der Waals surface area contributed by atoms with Crippen molar-refractivity contribution in [2.75, 3.05) is 0 Å². The van der Waals surface area contributed by atoms with Crippen molar-refractivity contribution >= 4 is 5.91 Å². The van der Waals surface area contributed by atoms with Crippen LogP contribution >= 0.6 is 0 Å². The Morgan fingerprint density at radius 3 is 2.86 bits per heavy atom. The summed E-state index contributed by atoms with van der Waals surface area (Å²) in [6.07, 6.45) is 5.34. The van der Waals surface area contributed by atoms with Crippen molar-refractivity contribution < 1.29 is 4.79 Å². The lowest BCUT2D eigenvalue weighted by atomic mass is 10.1. The number of benzene rings is 1. The van der Waals surface area contributed by atoms with Gasteiger partial charge in [-0.15, -0.1) is 0 Å². The van der Waals surface area contributed by atoms with Gasteiger partial charge in [0.2, 0.25) is 5.91 Å². The Morgan fingerprint density at radius 2 is 2.09 bits per heavy atom. The molecule has 0 spiro atoms. The molecule has 1 aromatic heterocycles. The maximum Gasteiger partial charge on any atom is 0.220 e. The lowest BCUT2D eigenvalue weighted by Gasteiger charge is -2.24. The molecule has 0 aliphatic carbocycles. The second kappa shape index (κ2) is 6.34. The number of nitrogens with one attached hydrogen (secondary N) is 1. The first-order chi connectivity index (χ1) is 10.6. The summed E-state index contributed by atoms with van der Waals surface area (Å²) in [4.78, 5) is 16.6. The number of fused-ring (bicyclic) bond motifs is 1. The molecule has 116 valence electrons. The quantitative estimate of drug-likeness (QED) is 0.943. The molecule has 1 atom stereocenters. The molecule has 0 fully saturated rings. The van der Waals surface area contributed by atoms with Crippen LogP contribution in [0, 0.1) is 13.8 Å². The Labute approximate surface area is 131 Å². The van der Waals surface area contributed by atoms with E-state index in [4.69, 9.17) is 0 Å². The molecule has 22 heavy (non-hydrogen) atoms. The van der Waals surface area contributed by atoms with E-state index in [1.54, 1.807) is 0 Å². The smallest absolute Gasteiger partial charge is 0.220 e. The predicted molar refractivity (Wildman–Crippen MR) is 86.7 cm³/mol. The summed E-state index contributed by atoms with van der Waals surface area (Å²) >= 11 is 0. The van der Waals surface area contributed by atoms with Crippen molar-refractivity contribution in [3.8, 4) is 0 Å². The van der Waals surface area contributed by atoms with E-state index < -0.39 is 0 Å². The fourth-order valence-electron chi connectivity index (χ4n) is 3.02. The molecule has 2 aromatic rings. The minimum absolute atomic E-state index is 0.144. The lowest BCUT2D eigenvalue weighted by Crippen LogP contribution is -2.40. The van der Waals surface area contributed by atoms with Gasteiger partial charge in [-0.1, -0.05) is 29.8 Å². The first kappa shape index (κ1) is 14.8. The van der Waals surface area contributed by atoms with Crippen LogP contribution in [0.1, 0.15) is 35.5 Å². The van der Waals surface area contributed by atoms with E-state index in [1.165, 1.54) is 11.1 Å². The topological polar surface area (TPSA) is 46.9 Å². The van der Waals surface area contributed by atoms with E-state index in [2.05, 4.69) is 52.3 Å². The average molecular weight is 297 g/mol. The molecule has 1 N–H and O–H groups in total. The van der Waals surface area contributed by atoms with Gasteiger partial charge in [0.05, 0.1) is 5.69 Å². The zero-order valence-electron chi connectivity index (χ0n) is 13.3. The molecule has 2 heterocycles. The van der Waals surface area contributed by atoms with Gasteiger partial charge in [-0.05, 0) is 32.3 Å². The molecule has 0 saturated heterocycles. The Kier molecular flexibility index (Phi) is 4.27. The highest BCUT2D eigenvalue weighted by Gasteiger charge is 2.20. The first-order valence-corrected chi connectivity index (χ1v) is 7.98. The molecule has 3 rings (SSSR count). The molecular weight excluding hydrogens is 274 g/mol. The van der Waals surface area contributed by atoms with Crippen LogP contribution in [-0.2, 0) is 24.2 Å². The Hall–Kier alpha value is -2.10. The lowest BCUT2D eigenvalue weighted by molar-refractivity contribution is -0.122. The minimum atomic E-state index is 0.144. The molecule has 1 amide bonds. The fraction of sp³-hybridized carbons (Fsp3) is 0.444. The molecule has 1 aliphatic rings. The summed E-state index contributed by atoms with van der Waals surface area (Å²) in [5, 5.41) is 3.16. The summed E-state index contributed by atoms with van der Waals surface area (Å²) in [6.45, 7) is 4.93. The molecule has 1 aromatic carbocycles. The third-order valence-corrected chi connectivity index (χ3v) is 4.24. The number of hydrogen-bond acceptors (Lipinski definition) is 2. The first-order valence-electron chi connectivity index (χ1n) is 7.98. The Bertz CT molecular complexity index is 657. The monoisotopic (exact) mass is 297 g/mol. The molecule has 4 heteroatoms. The van der Waals surface area contributed by atoms with E-state index in [-0.39, 0.29) is 11.9 Å². The number of carbonyl (C=O) groups is 1. The zero-order chi connectivity index (χ0) is 15.5. The van der Waals surface area contributed by atoms with Crippen molar-refractivity contribution in [2.45, 2.75) is 52.1 Å². The highest BCUT2D eigenvalue weighted by molar-refractivity contribution is 5.76. The van der Waals surface area contributed by atoms with Gasteiger partial charge in [0.1, 0.15) is 5.82 Å². The third-order valence-electron chi connectivity index (χ3n) is 4.24. The van der Waals surface area contributed by atoms with Gasteiger partial charge in [0.25, 0.3) is 0 Å². The molecule has 0 radical (unpaired) electrons. The summed E-state index contributed by atoms with van der Waals surface area (Å²) in [5.41, 5.74) is 3.53. The van der Waals surface area contributed by atoms with E-state index >= 15 is 0 Å². The number of rotatable bonds is 4. The largest absolute Gasteiger partial charge is 0.352 e. The SMILES string of the molecule is Cc1ccc(CCC(=O)NC2CCc3nc(C)cn3C2)cc1. The third kappa shape index (κ3) is 3.56. The molecule has 1 unspecified atom stereocenters. The van der Waals surface area contributed by atoms with Gasteiger partial charge in [-0.2, -0.15) is 0 Å². The van der Waals surface area contributed by atoms with Crippen molar-refractivity contribution in [2.24, 2.45) is 0 Å². The number of carbonyl (C=O) groups excluding carboxylic acids is 1. The number of imidazole rings is 1. The maximum atomic E-state index is 12.1. The molecule has 0 bridgehead atoms. The molecule has 4 nitrogen and oxygen atoms in total. The summed E-state index contributed by atoms with van der Waals surface area (Å²) < 4.78 is 2.17. The number of hydrogen-bond donors (Lipinski definition) is 1. The summed E-state index contributed by atoms with van der Waals surface area (Å²) in [7, 11) is 0. The van der Waals surface area contributed by atoms with Crippen LogP contribution in [0.15, 0.2) is 30.5 Å². The van der Waals surface area contributed by atoms with E-state index in [1.807, 2.05) is 6.92 Å². The highest BCUT2D eigenvalue weighted by atomic mass is 16.1. The predicted octanol–water partition coefficient (Wildman–Crippen LogP) is 2.56. The van der Waals surface area contributed by atoms with Crippen LogP contribution in [0.3, 0.4) is 0 Å². The normalized spacial score (nSPS) is 17.1. The van der Waals surface area contributed by atoms with Gasteiger partial charge in [0, 0.05) is 31.6 Å². The van der Waals surface area contributed by atoms with Crippen molar-refractivity contribution in [1.82, 2.24) is 14.9 Å². The number of nitrogens with zero attached hydrogens (tertiary/aromatic N) is 2. The number of amides is 1. The Morgan fingerprint density at radius 1 is 1.32 bits per heavy atom. The van der Waals surface area contributed by atoms with Gasteiger partial charge < -0.3 is 9.88 Å². The van der Waals surface area contributed by atoms with Gasteiger partial charge in [-0.3, -0.25) is 4.79 Å². The average Bonchev–Trinajstić information content (AvgIpc) is 2.86.